The van der Waals surface area contributed by atoms with E-state index < -0.39 is 0 Å². The normalized spacial score (nSPS) is 16.9. The van der Waals surface area contributed by atoms with E-state index in [-0.39, 0.29) is 5.91 Å². The van der Waals surface area contributed by atoms with Gasteiger partial charge in [-0.2, -0.15) is 0 Å². The predicted octanol–water partition coefficient (Wildman–Crippen LogP) is 1.69. The summed E-state index contributed by atoms with van der Waals surface area (Å²) in [7, 11) is 1.55. The highest BCUT2D eigenvalue weighted by Crippen LogP contribution is 2.24. The Balaban J connectivity index is 2.41. The number of amides is 1. The smallest absolute Gasteiger partial charge is 0.273 e. The fourth-order valence-corrected chi connectivity index (χ4v) is 1.84. The standard InChI is InChI=1S/C11H9ClN2O2S/c1-16-9-3-2-7(12)4-6(9)5-8-10(15)14-11(17)13-8/h2-5H,1H3,(H2,13,14,15,17)/b8-5-. The Morgan fingerprint density at radius 2 is 2.18 bits per heavy atom. The molecule has 0 saturated carbocycles. The minimum absolute atomic E-state index is 0.267. The van der Waals surface area contributed by atoms with Crippen molar-refractivity contribution in [3.05, 3.63) is 34.5 Å². The van der Waals surface area contributed by atoms with Crippen LogP contribution in [-0.4, -0.2) is 18.1 Å². The van der Waals surface area contributed by atoms with E-state index >= 15 is 0 Å². The molecule has 1 amide bonds. The van der Waals surface area contributed by atoms with Crippen molar-refractivity contribution in [2.45, 2.75) is 0 Å². The zero-order valence-corrected chi connectivity index (χ0v) is 10.5. The van der Waals surface area contributed by atoms with Crippen LogP contribution in [0.25, 0.3) is 6.08 Å². The second-order valence-corrected chi connectivity index (χ2v) is 4.20. The number of halogens is 1. The van der Waals surface area contributed by atoms with E-state index in [1.165, 1.54) is 0 Å². The molecule has 1 aromatic carbocycles. The minimum Gasteiger partial charge on any atom is -0.496 e. The molecule has 0 atom stereocenters. The molecule has 1 aliphatic heterocycles. The predicted molar refractivity (Wildman–Crippen MR) is 69.9 cm³/mol. The van der Waals surface area contributed by atoms with Crippen LogP contribution in [0.5, 0.6) is 5.75 Å². The van der Waals surface area contributed by atoms with E-state index in [4.69, 9.17) is 28.6 Å². The average molecular weight is 269 g/mol. The monoisotopic (exact) mass is 268 g/mol. The van der Waals surface area contributed by atoms with Crippen molar-refractivity contribution in [1.82, 2.24) is 10.6 Å². The van der Waals surface area contributed by atoms with Crippen LogP contribution in [0.4, 0.5) is 0 Å². The van der Waals surface area contributed by atoms with Gasteiger partial charge >= 0.3 is 0 Å². The number of carbonyl (C=O) groups is 1. The van der Waals surface area contributed by atoms with Crippen molar-refractivity contribution < 1.29 is 9.53 Å². The zero-order chi connectivity index (χ0) is 12.4. The van der Waals surface area contributed by atoms with Gasteiger partial charge in [0.1, 0.15) is 11.4 Å². The van der Waals surface area contributed by atoms with Crippen molar-refractivity contribution in [3.8, 4) is 5.75 Å². The van der Waals surface area contributed by atoms with Gasteiger partial charge in [-0.3, -0.25) is 10.1 Å². The molecule has 17 heavy (non-hydrogen) atoms. The summed E-state index contributed by atoms with van der Waals surface area (Å²) in [5, 5.41) is 6.10. The van der Waals surface area contributed by atoms with Crippen LogP contribution in [0.2, 0.25) is 5.02 Å². The van der Waals surface area contributed by atoms with Crippen molar-refractivity contribution in [2.75, 3.05) is 7.11 Å². The Morgan fingerprint density at radius 1 is 1.41 bits per heavy atom. The van der Waals surface area contributed by atoms with Gasteiger partial charge in [0.25, 0.3) is 5.91 Å². The fourth-order valence-electron chi connectivity index (χ4n) is 1.46. The summed E-state index contributed by atoms with van der Waals surface area (Å²) in [6, 6.07) is 5.17. The van der Waals surface area contributed by atoms with Crippen molar-refractivity contribution in [1.29, 1.82) is 0 Å². The summed E-state index contributed by atoms with van der Waals surface area (Å²) in [4.78, 5) is 11.5. The lowest BCUT2D eigenvalue weighted by Crippen LogP contribution is -2.21. The molecule has 1 aliphatic rings. The van der Waals surface area contributed by atoms with Crippen LogP contribution in [-0.2, 0) is 4.79 Å². The number of ether oxygens (including phenoxy) is 1. The molecule has 1 fully saturated rings. The lowest BCUT2D eigenvalue weighted by atomic mass is 10.1. The van der Waals surface area contributed by atoms with Crippen LogP contribution in [0, 0.1) is 0 Å². The SMILES string of the molecule is COc1ccc(Cl)cc1/C=C1\NC(=S)NC1=O. The van der Waals surface area contributed by atoms with Gasteiger partial charge in [0, 0.05) is 10.6 Å². The summed E-state index contributed by atoms with van der Waals surface area (Å²) < 4.78 is 5.18. The summed E-state index contributed by atoms with van der Waals surface area (Å²) in [6.45, 7) is 0. The number of hydrogen-bond acceptors (Lipinski definition) is 3. The third-order valence-corrected chi connectivity index (χ3v) is 2.65. The largest absolute Gasteiger partial charge is 0.496 e. The van der Waals surface area contributed by atoms with Crippen molar-refractivity contribution in [2.24, 2.45) is 0 Å². The molecule has 0 aliphatic carbocycles. The summed E-state index contributed by atoms with van der Waals surface area (Å²) in [5.41, 5.74) is 1.08. The molecule has 2 rings (SSSR count). The molecule has 4 nitrogen and oxygen atoms in total. The van der Waals surface area contributed by atoms with Crippen LogP contribution in [0.3, 0.4) is 0 Å². The zero-order valence-electron chi connectivity index (χ0n) is 8.91. The molecule has 1 aromatic rings. The second-order valence-electron chi connectivity index (χ2n) is 3.35. The Morgan fingerprint density at radius 3 is 2.76 bits per heavy atom. The Kier molecular flexibility index (Phi) is 3.31. The van der Waals surface area contributed by atoms with Gasteiger partial charge in [-0.15, -0.1) is 0 Å². The molecule has 6 heteroatoms. The summed E-state index contributed by atoms with van der Waals surface area (Å²) >= 11 is 10.7. The number of thiocarbonyl (C=S) groups is 1. The molecule has 0 unspecified atom stereocenters. The molecular formula is C11H9ClN2O2S. The molecule has 1 saturated heterocycles. The topological polar surface area (TPSA) is 50.4 Å². The average Bonchev–Trinajstić information content (AvgIpc) is 2.58. The third-order valence-electron chi connectivity index (χ3n) is 2.21. The number of hydrogen-bond donors (Lipinski definition) is 2. The molecule has 2 N–H and O–H groups in total. The van der Waals surface area contributed by atoms with Gasteiger partial charge in [-0.05, 0) is 36.5 Å². The molecule has 88 valence electrons. The lowest BCUT2D eigenvalue weighted by Gasteiger charge is -2.05. The minimum atomic E-state index is -0.267. The summed E-state index contributed by atoms with van der Waals surface area (Å²) in [5.74, 6) is 0.367. The van der Waals surface area contributed by atoms with Gasteiger partial charge in [-0.25, -0.2) is 0 Å². The quantitative estimate of drug-likeness (QED) is 0.633. The van der Waals surface area contributed by atoms with Gasteiger partial charge in [0.2, 0.25) is 0 Å². The second kappa shape index (κ2) is 4.73. The van der Waals surface area contributed by atoms with Gasteiger partial charge in [0.05, 0.1) is 7.11 Å². The Bertz CT molecular complexity index is 528. The number of rotatable bonds is 2. The number of methoxy groups -OCH3 is 1. The third kappa shape index (κ3) is 2.57. The maximum absolute atomic E-state index is 11.5. The first-order chi connectivity index (χ1) is 8.10. The Labute approximate surface area is 109 Å². The Hall–Kier alpha value is -1.59. The first-order valence-electron chi connectivity index (χ1n) is 4.77. The summed E-state index contributed by atoms with van der Waals surface area (Å²) in [6.07, 6.45) is 1.64. The highest BCUT2D eigenvalue weighted by atomic mass is 35.5. The van der Waals surface area contributed by atoms with E-state index in [2.05, 4.69) is 10.6 Å². The van der Waals surface area contributed by atoms with Gasteiger partial charge in [-0.1, -0.05) is 11.6 Å². The highest BCUT2D eigenvalue weighted by Gasteiger charge is 2.20. The van der Waals surface area contributed by atoms with Crippen LogP contribution < -0.4 is 15.4 Å². The van der Waals surface area contributed by atoms with E-state index in [0.29, 0.717) is 27.1 Å². The molecule has 0 radical (unpaired) electrons. The lowest BCUT2D eigenvalue weighted by molar-refractivity contribution is -0.115. The number of benzene rings is 1. The molecular weight excluding hydrogens is 260 g/mol. The van der Waals surface area contributed by atoms with Crippen LogP contribution in [0.15, 0.2) is 23.9 Å². The van der Waals surface area contributed by atoms with E-state index in [0.717, 1.165) is 0 Å². The molecule has 0 bridgehead atoms. The van der Waals surface area contributed by atoms with Crippen LogP contribution >= 0.6 is 23.8 Å². The number of nitrogens with one attached hydrogen (secondary N) is 2. The fraction of sp³-hybridized carbons (Fsp3) is 0.0909. The van der Waals surface area contributed by atoms with Crippen molar-refractivity contribution in [3.63, 3.8) is 0 Å². The van der Waals surface area contributed by atoms with Crippen molar-refractivity contribution >= 4 is 40.9 Å². The molecule has 0 spiro atoms. The van der Waals surface area contributed by atoms with Gasteiger partial charge < -0.3 is 10.1 Å². The molecule has 1 heterocycles. The van der Waals surface area contributed by atoms with Crippen LogP contribution in [0.1, 0.15) is 5.56 Å². The first kappa shape index (κ1) is 11.9. The highest BCUT2D eigenvalue weighted by molar-refractivity contribution is 7.80. The van der Waals surface area contributed by atoms with Gasteiger partial charge in [0.15, 0.2) is 5.11 Å². The maximum Gasteiger partial charge on any atom is 0.273 e. The number of carbonyl (C=O) groups excluding carboxylic acids is 1. The van der Waals surface area contributed by atoms with E-state index in [9.17, 15) is 4.79 Å². The molecule has 0 aromatic heterocycles. The van der Waals surface area contributed by atoms with E-state index in [1.54, 1.807) is 31.4 Å². The first-order valence-corrected chi connectivity index (χ1v) is 5.56. The van der Waals surface area contributed by atoms with E-state index in [1.807, 2.05) is 0 Å². The maximum atomic E-state index is 11.5.